The highest BCUT2D eigenvalue weighted by molar-refractivity contribution is 7.17. The van der Waals surface area contributed by atoms with Gasteiger partial charge in [0.05, 0.1) is 6.04 Å². The summed E-state index contributed by atoms with van der Waals surface area (Å²) in [7, 11) is 0. The van der Waals surface area contributed by atoms with Gasteiger partial charge in [-0.1, -0.05) is 63.6 Å². The molecule has 0 fully saturated rings. The van der Waals surface area contributed by atoms with Crippen molar-refractivity contribution in [3.05, 3.63) is 35.2 Å². The zero-order valence-electron chi connectivity index (χ0n) is 15.1. The van der Waals surface area contributed by atoms with Crippen LogP contribution in [0.5, 0.6) is 0 Å². The summed E-state index contributed by atoms with van der Waals surface area (Å²) >= 11 is 1.68. The first-order valence-corrected chi connectivity index (χ1v) is 10.3. The van der Waals surface area contributed by atoms with E-state index in [0.717, 1.165) is 24.7 Å². The molecule has 0 saturated carbocycles. The topological polar surface area (TPSA) is 46.2 Å². The monoisotopic (exact) mass is 359 g/mol. The van der Waals surface area contributed by atoms with Crippen LogP contribution in [0.3, 0.4) is 0 Å². The number of hydrogen-bond donors (Lipinski definition) is 1. The van der Waals surface area contributed by atoms with Crippen molar-refractivity contribution in [1.29, 1.82) is 0 Å². The van der Waals surface area contributed by atoms with Gasteiger partial charge in [0, 0.05) is 17.5 Å². The van der Waals surface area contributed by atoms with Crippen LogP contribution in [0.25, 0.3) is 10.1 Å². The van der Waals surface area contributed by atoms with Crippen molar-refractivity contribution in [1.82, 2.24) is 5.32 Å². The molecule has 0 saturated heterocycles. The maximum absolute atomic E-state index is 12.1. The Hall–Kier alpha value is -1.68. The molecule has 1 atom stereocenters. The summed E-state index contributed by atoms with van der Waals surface area (Å²) in [6.45, 7) is 2.21. The number of aldehydes is 1. The highest BCUT2D eigenvalue weighted by Crippen LogP contribution is 2.26. The Morgan fingerprint density at radius 2 is 1.84 bits per heavy atom. The van der Waals surface area contributed by atoms with Gasteiger partial charge < -0.3 is 10.1 Å². The molecule has 1 amide bonds. The lowest BCUT2D eigenvalue weighted by Gasteiger charge is -2.12. The lowest BCUT2D eigenvalue weighted by molar-refractivity contribution is -0.124. The molecule has 2 aromatic rings. The number of carbonyl (C=O) groups excluding carboxylic acids is 2. The standard InChI is InChI=1S/C21H29NO2S/c1-2-3-4-5-6-7-8-13-21(24)22-18(15-23)14-17-16-25-20-12-10-9-11-19(17)20/h9-12,15-16,18H,2-8,13-14H2,1H3,(H,22,24). The summed E-state index contributed by atoms with van der Waals surface area (Å²) in [5.41, 5.74) is 1.13. The fourth-order valence-electron chi connectivity index (χ4n) is 3.08. The molecule has 2 rings (SSSR count). The molecule has 25 heavy (non-hydrogen) atoms. The van der Waals surface area contributed by atoms with E-state index < -0.39 is 6.04 Å². The fourth-order valence-corrected chi connectivity index (χ4v) is 4.06. The van der Waals surface area contributed by atoms with Crippen molar-refractivity contribution >= 4 is 33.6 Å². The molecule has 1 aromatic heterocycles. The van der Waals surface area contributed by atoms with Gasteiger partial charge in [-0.25, -0.2) is 0 Å². The molecule has 1 aromatic carbocycles. The van der Waals surface area contributed by atoms with Gasteiger partial charge in [-0.3, -0.25) is 4.79 Å². The van der Waals surface area contributed by atoms with Gasteiger partial charge in [-0.2, -0.15) is 0 Å². The number of benzene rings is 1. The average Bonchev–Trinajstić information content (AvgIpc) is 3.03. The second kappa shape index (κ2) is 11.0. The van der Waals surface area contributed by atoms with Gasteiger partial charge in [0.1, 0.15) is 6.29 Å². The second-order valence-electron chi connectivity index (χ2n) is 6.64. The Labute approximate surface area is 154 Å². The quantitative estimate of drug-likeness (QED) is 0.414. The second-order valence-corrected chi connectivity index (χ2v) is 7.55. The first kappa shape index (κ1) is 19.6. The molecular weight excluding hydrogens is 330 g/mol. The van der Waals surface area contributed by atoms with Crippen molar-refractivity contribution < 1.29 is 9.59 Å². The van der Waals surface area contributed by atoms with Crippen molar-refractivity contribution in [2.45, 2.75) is 70.8 Å². The third-order valence-corrected chi connectivity index (χ3v) is 5.53. The molecule has 0 radical (unpaired) electrons. The van der Waals surface area contributed by atoms with Crippen LogP contribution in [-0.4, -0.2) is 18.2 Å². The number of nitrogens with one attached hydrogen (secondary N) is 1. The molecular formula is C21H29NO2S. The van der Waals surface area contributed by atoms with Gasteiger partial charge in [0.2, 0.25) is 5.91 Å². The number of unbranched alkanes of at least 4 members (excludes halogenated alkanes) is 6. The Morgan fingerprint density at radius 3 is 2.60 bits per heavy atom. The smallest absolute Gasteiger partial charge is 0.220 e. The minimum absolute atomic E-state index is 0.00908. The summed E-state index contributed by atoms with van der Waals surface area (Å²) in [6.07, 6.45) is 10.3. The maximum atomic E-state index is 12.1. The zero-order valence-corrected chi connectivity index (χ0v) is 15.9. The first-order valence-electron chi connectivity index (χ1n) is 9.44. The fraction of sp³-hybridized carbons (Fsp3) is 0.524. The lowest BCUT2D eigenvalue weighted by atomic mass is 10.1. The van der Waals surface area contributed by atoms with E-state index in [2.05, 4.69) is 29.8 Å². The summed E-state index contributed by atoms with van der Waals surface area (Å²) in [5.74, 6) is -0.00908. The SMILES string of the molecule is CCCCCCCCCC(=O)NC(C=O)Cc1csc2ccccc12. The van der Waals surface area contributed by atoms with Gasteiger partial charge in [-0.15, -0.1) is 11.3 Å². The first-order chi connectivity index (χ1) is 12.2. The van der Waals surface area contributed by atoms with E-state index in [4.69, 9.17) is 0 Å². The van der Waals surface area contributed by atoms with E-state index in [0.29, 0.717) is 12.8 Å². The highest BCUT2D eigenvalue weighted by atomic mass is 32.1. The van der Waals surface area contributed by atoms with Crippen LogP contribution in [0.4, 0.5) is 0 Å². The van der Waals surface area contributed by atoms with Crippen LogP contribution in [0.1, 0.15) is 63.9 Å². The van der Waals surface area contributed by atoms with Crippen molar-refractivity contribution in [2.75, 3.05) is 0 Å². The van der Waals surface area contributed by atoms with Crippen LogP contribution in [0.2, 0.25) is 0 Å². The largest absolute Gasteiger partial charge is 0.346 e. The van der Waals surface area contributed by atoms with Gasteiger partial charge in [-0.05, 0) is 28.8 Å². The third-order valence-electron chi connectivity index (χ3n) is 4.52. The number of thiophene rings is 1. The predicted octanol–water partition coefficient (Wildman–Crippen LogP) is 5.27. The Bertz CT molecular complexity index is 665. The van der Waals surface area contributed by atoms with E-state index in [1.807, 2.05) is 12.1 Å². The molecule has 136 valence electrons. The maximum Gasteiger partial charge on any atom is 0.220 e. The molecule has 0 aliphatic heterocycles. The van der Waals surface area contributed by atoms with E-state index in [1.165, 1.54) is 42.2 Å². The van der Waals surface area contributed by atoms with E-state index in [9.17, 15) is 9.59 Å². The Balaban J connectivity index is 1.72. The molecule has 0 bridgehead atoms. The lowest BCUT2D eigenvalue weighted by Crippen LogP contribution is -2.37. The highest BCUT2D eigenvalue weighted by Gasteiger charge is 2.14. The van der Waals surface area contributed by atoms with E-state index in [-0.39, 0.29) is 5.91 Å². The van der Waals surface area contributed by atoms with E-state index in [1.54, 1.807) is 11.3 Å². The molecule has 3 nitrogen and oxygen atoms in total. The molecule has 1 N–H and O–H groups in total. The molecule has 0 aliphatic carbocycles. The van der Waals surface area contributed by atoms with E-state index >= 15 is 0 Å². The number of carbonyl (C=O) groups is 2. The summed E-state index contributed by atoms with van der Waals surface area (Å²) in [5, 5.41) is 6.15. The number of amides is 1. The molecule has 1 heterocycles. The van der Waals surface area contributed by atoms with Gasteiger partial charge in [0.15, 0.2) is 0 Å². The van der Waals surface area contributed by atoms with Crippen LogP contribution >= 0.6 is 11.3 Å². The average molecular weight is 360 g/mol. The van der Waals surface area contributed by atoms with Crippen LogP contribution in [0.15, 0.2) is 29.6 Å². The van der Waals surface area contributed by atoms with Crippen molar-refractivity contribution in [3.63, 3.8) is 0 Å². The van der Waals surface area contributed by atoms with Crippen molar-refractivity contribution in [2.24, 2.45) is 0 Å². The molecule has 4 heteroatoms. The predicted molar refractivity (Wildman–Crippen MR) is 106 cm³/mol. The number of hydrogen-bond acceptors (Lipinski definition) is 3. The zero-order chi connectivity index (χ0) is 17.9. The summed E-state index contributed by atoms with van der Waals surface area (Å²) in [4.78, 5) is 23.4. The summed E-state index contributed by atoms with van der Waals surface area (Å²) in [6, 6.07) is 7.74. The Morgan fingerprint density at radius 1 is 1.12 bits per heavy atom. The number of rotatable bonds is 12. The summed E-state index contributed by atoms with van der Waals surface area (Å²) < 4.78 is 1.22. The van der Waals surface area contributed by atoms with Crippen LogP contribution in [-0.2, 0) is 16.0 Å². The number of fused-ring (bicyclic) bond motifs is 1. The third kappa shape index (κ3) is 6.62. The minimum atomic E-state index is -0.435. The van der Waals surface area contributed by atoms with Crippen molar-refractivity contribution in [3.8, 4) is 0 Å². The molecule has 0 spiro atoms. The minimum Gasteiger partial charge on any atom is -0.346 e. The normalized spacial score (nSPS) is 12.2. The molecule has 0 aliphatic rings. The molecule has 1 unspecified atom stereocenters. The van der Waals surface area contributed by atoms with Crippen LogP contribution in [0, 0.1) is 0 Å². The Kier molecular flexibility index (Phi) is 8.67. The van der Waals surface area contributed by atoms with Crippen LogP contribution < -0.4 is 5.32 Å². The van der Waals surface area contributed by atoms with Gasteiger partial charge >= 0.3 is 0 Å². The van der Waals surface area contributed by atoms with Gasteiger partial charge in [0.25, 0.3) is 0 Å².